The van der Waals surface area contributed by atoms with E-state index in [4.69, 9.17) is 15.6 Å². The summed E-state index contributed by atoms with van der Waals surface area (Å²) in [4.78, 5) is 24.1. The quantitative estimate of drug-likeness (QED) is 0.177. The molecule has 2 aliphatic rings. The highest BCUT2D eigenvalue weighted by Crippen LogP contribution is 2.41. The zero-order chi connectivity index (χ0) is 20.7. The van der Waals surface area contributed by atoms with Crippen LogP contribution in [0.25, 0.3) is 33.4 Å². The van der Waals surface area contributed by atoms with Gasteiger partial charge in [-0.2, -0.15) is 12.6 Å². The molecule has 2 aromatic rings. The Bertz CT molecular complexity index is 1330. The van der Waals surface area contributed by atoms with Gasteiger partial charge in [0.2, 0.25) is 0 Å². The number of rotatable bonds is 4. The molecule has 4 N–H and O–H groups in total. The minimum Gasteiger partial charge on any atom is -0.478 e. The number of nitrogen functional groups attached to an aromatic ring is 1. The molecule has 0 saturated carbocycles. The number of anilines is 1. The number of hydrogen-bond donors (Lipinski definition) is 4. The molecule has 144 valence electrons. The second kappa shape index (κ2) is 7.10. The number of nitrogens with one attached hydrogen (secondary N) is 1. The molecule has 2 aromatic carbocycles. The average Bonchev–Trinajstić information content (AvgIpc) is 2.70. The predicted octanol–water partition coefficient (Wildman–Crippen LogP) is 4.08. The van der Waals surface area contributed by atoms with E-state index in [2.05, 4.69) is 12.6 Å². The largest absolute Gasteiger partial charge is 0.478 e. The van der Waals surface area contributed by atoms with Crippen molar-refractivity contribution in [2.45, 2.75) is 0 Å². The van der Waals surface area contributed by atoms with Crippen LogP contribution >= 0.6 is 12.6 Å². The Morgan fingerprint density at radius 1 is 1.03 bits per heavy atom. The van der Waals surface area contributed by atoms with Gasteiger partial charge >= 0.3 is 5.97 Å². The summed E-state index contributed by atoms with van der Waals surface area (Å²) in [6, 6.07) is 14.6. The van der Waals surface area contributed by atoms with Crippen molar-refractivity contribution in [3.8, 4) is 22.5 Å². The number of nitrogens with two attached hydrogens (primary N) is 1. The number of carboxylic acid groups (broad SMARTS) is 1. The van der Waals surface area contributed by atoms with Gasteiger partial charge in [0.1, 0.15) is 11.3 Å². The second-order valence-electron chi connectivity index (χ2n) is 6.59. The van der Waals surface area contributed by atoms with Crippen LogP contribution in [0.3, 0.4) is 0 Å². The summed E-state index contributed by atoms with van der Waals surface area (Å²) in [5.41, 5.74) is 8.91. The van der Waals surface area contributed by atoms with Gasteiger partial charge in [-0.15, -0.1) is 0 Å². The van der Waals surface area contributed by atoms with Gasteiger partial charge in [0.05, 0.1) is 16.7 Å². The molecule has 1 heterocycles. The van der Waals surface area contributed by atoms with Crippen molar-refractivity contribution in [2.75, 3.05) is 11.5 Å². The van der Waals surface area contributed by atoms with Gasteiger partial charge < -0.3 is 20.7 Å². The third-order valence-corrected chi connectivity index (χ3v) is 5.02. The molecule has 0 saturated heterocycles. The lowest BCUT2D eigenvalue weighted by molar-refractivity contribution is 0.0697. The summed E-state index contributed by atoms with van der Waals surface area (Å²) in [5, 5.41) is 18.7. The Balaban J connectivity index is 2.14. The fraction of sp³-hybridized carbons (Fsp3) is 0.0455. The van der Waals surface area contributed by atoms with Crippen molar-refractivity contribution >= 4 is 41.0 Å². The van der Waals surface area contributed by atoms with E-state index in [1.165, 1.54) is 6.07 Å². The Morgan fingerprint density at radius 2 is 1.79 bits per heavy atom. The first-order valence-electron chi connectivity index (χ1n) is 8.71. The summed E-state index contributed by atoms with van der Waals surface area (Å²) < 4.78 is 5.94. The van der Waals surface area contributed by atoms with Crippen LogP contribution in [0.15, 0.2) is 59.0 Å². The molecule has 1 aliphatic carbocycles. The summed E-state index contributed by atoms with van der Waals surface area (Å²) in [7, 11) is 0. The molecule has 0 atom stereocenters. The number of carboxylic acids is 1. The minimum atomic E-state index is -1.15. The molecule has 4 rings (SSSR count). The second-order valence-corrected chi connectivity index (χ2v) is 6.91. The van der Waals surface area contributed by atoms with E-state index in [9.17, 15) is 14.7 Å². The summed E-state index contributed by atoms with van der Waals surface area (Å²) in [5.74, 6) is -0.979. The van der Waals surface area contributed by atoms with Gasteiger partial charge in [0.15, 0.2) is 5.78 Å². The first kappa shape index (κ1) is 18.8. The fourth-order valence-corrected chi connectivity index (χ4v) is 3.58. The van der Waals surface area contributed by atoms with Gasteiger partial charge in [-0.1, -0.05) is 12.1 Å². The number of fused-ring (bicyclic) bond motifs is 2. The highest BCUT2D eigenvalue weighted by Gasteiger charge is 2.22. The number of benzene rings is 3. The van der Waals surface area contributed by atoms with E-state index in [1.807, 2.05) is 0 Å². The lowest BCUT2D eigenvalue weighted by Crippen LogP contribution is -2.07. The van der Waals surface area contributed by atoms with Gasteiger partial charge in [-0.25, -0.2) is 4.79 Å². The van der Waals surface area contributed by atoms with Gasteiger partial charge in [0, 0.05) is 39.9 Å². The molecule has 0 unspecified atom stereocenters. The SMILES string of the molecule is N=c1ccc2c(-c3ccc(C(=O)CS)cc3C(=O)O)c3ccc(N)cc3oc-2c1. The van der Waals surface area contributed by atoms with Crippen molar-refractivity contribution in [1.82, 2.24) is 0 Å². The lowest BCUT2D eigenvalue weighted by Gasteiger charge is -2.17. The average molecular weight is 404 g/mol. The van der Waals surface area contributed by atoms with E-state index in [0.29, 0.717) is 39.1 Å². The van der Waals surface area contributed by atoms with Crippen LogP contribution in [-0.4, -0.2) is 22.6 Å². The Labute approximate surface area is 170 Å². The smallest absolute Gasteiger partial charge is 0.336 e. The summed E-state index contributed by atoms with van der Waals surface area (Å²) in [6.07, 6.45) is 0. The van der Waals surface area contributed by atoms with Gasteiger partial charge in [-0.3, -0.25) is 4.79 Å². The first-order valence-corrected chi connectivity index (χ1v) is 9.35. The van der Waals surface area contributed by atoms with Crippen LogP contribution in [0.1, 0.15) is 20.7 Å². The molecule has 0 fully saturated rings. The van der Waals surface area contributed by atoms with Crippen molar-refractivity contribution in [1.29, 1.82) is 5.41 Å². The molecule has 29 heavy (non-hydrogen) atoms. The molecule has 0 radical (unpaired) electrons. The third kappa shape index (κ3) is 3.25. The molecule has 0 spiro atoms. The summed E-state index contributed by atoms with van der Waals surface area (Å²) in [6.45, 7) is 0. The maximum atomic E-state index is 12.0. The number of aromatic carboxylic acids is 1. The topological polar surface area (TPSA) is 117 Å². The van der Waals surface area contributed by atoms with Crippen LogP contribution in [0.2, 0.25) is 0 Å². The molecule has 7 heteroatoms. The van der Waals surface area contributed by atoms with Crippen molar-refractivity contribution in [2.24, 2.45) is 0 Å². The molecule has 1 aliphatic heterocycles. The Hall–Kier alpha value is -3.58. The zero-order valence-electron chi connectivity index (χ0n) is 15.1. The van der Waals surface area contributed by atoms with E-state index in [-0.39, 0.29) is 28.0 Å². The molecular formula is C22H16N2O4S. The fourth-order valence-electron chi connectivity index (χ4n) is 3.40. The highest BCUT2D eigenvalue weighted by atomic mass is 32.1. The van der Waals surface area contributed by atoms with Gasteiger partial charge in [-0.05, 0) is 35.9 Å². The van der Waals surface area contributed by atoms with E-state index >= 15 is 0 Å². The van der Waals surface area contributed by atoms with E-state index in [1.54, 1.807) is 48.5 Å². The predicted molar refractivity (Wildman–Crippen MR) is 114 cm³/mol. The molecule has 0 bridgehead atoms. The van der Waals surface area contributed by atoms with Crippen molar-refractivity contribution < 1.29 is 19.1 Å². The maximum Gasteiger partial charge on any atom is 0.336 e. The number of carbonyl (C=O) groups excluding carboxylic acids is 1. The minimum absolute atomic E-state index is 0.00166. The van der Waals surface area contributed by atoms with Crippen LogP contribution in [-0.2, 0) is 0 Å². The molecule has 0 aromatic heterocycles. The van der Waals surface area contributed by atoms with Crippen LogP contribution in [0, 0.1) is 5.41 Å². The highest BCUT2D eigenvalue weighted by molar-refractivity contribution is 7.81. The van der Waals surface area contributed by atoms with Gasteiger partial charge in [0.25, 0.3) is 0 Å². The van der Waals surface area contributed by atoms with Crippen LogP contribution in [0.4, 0.5) is 5.69 Å². The Kier molecular flexibility index (Phi) is 4.60. The van der Waals surface area contributed by atoms with E-state index in [0.717, 1.165) is 0 Å². The van der Waals surface area contributed by atoms with E-state index < -0.39 is 5.97 Å². The number of carbonyl (C=O) groups is 2. The number of hydrogen-bond acceptors (Lipinski definition) is 6. The normalized spacial score (nSPS) is 11.1. The number of Topliss-reactive ketones (excluding diaryl/α,β-unsaturated/α-hetero) is 1. The van der Waals surface area contributed by atoms with Crippen molar-refractivity contribution in [3.05, 3.63) is 71.1 Å². The zero-order valence-corrected chi connectivity index (χ0v) is 16.0. The molecule has 6 nitrogen and oxygen atoms in total. The monoisotopic (exact) mass is 404 g/mol. The molecule has 0 amide bonds. The standard InChI is InChI=1S/C22H16N2O4S/c23-12-2-5-15-19(8-12)28-20-9-13(24)3-6-16(20)21(15)14-4-1-11(18(25)10-29)7-17(14)22(26)27/h1-9,23,29H,10,24H2,(H,26,27). The summed E-state index contributed by atoms with van der Waals surface area (Å²) >= 11 is 3.99. The third-order valence-electron chi connectivity index (χ3n) is 4.73. The van der Waals surface area contributed by atoms with Crippen molar-refractivity contribution in [3.63, 3.8) is 0 Å². The molecular weight excluding hydrogens is 388 g/mol. The first-order chi connectivity index (χ1) is 13.9. The van der Waals surface area contributed by atoms with Crippen LogP contribution < -0.4 is 11.1 Å². The Morgan fingerprint density at radius 3 is 2.52 bits per heavy atom. The lowest BCUT2D eigenvalue weighted by atomic mass is 9.89. The number of ketones is 1. The van der Waals surface area contributed by atoms with Crippen LogP contribution in [0.5, 0.6) is 0 Å². The maximum absolute atomic E-state index is 12.0. The number of thiol groups is 1.